The molecule has 0 radical (unpaired) electrons. The van der Waals surface area contributed by atoms with Crippen molar-refractivity contribution in [2.75, 3.05) is 33.5 Å². The van der Waals surface area contributed by atoms with E-state index >= 15 is 0 Å². The summed E-state index contributed by atoms with van der Waals surface area (Å²) in [5.74, 6) is 0.228. The van der Waals surface area contributed by atoms with Gasteiger partial charge in [-0.1, -0.05) is 11.6 Å². The zero-order valence-corrected chi connectivity index (χ0v) is 16.9. The lowest BCUT2D eigenvalue weighted by Gasteiger charge is -2.37. The number of hydrogen-bond acceptors (Lipinski definition) is 5. The van der Waals surface area contributed by atoms with E-state index in [0.717, 1.165) is 11.8 Å². The van der Waals surface area contributed by atoms with E-state index in [4.69, 9.17) is 16.3 Å². The van der Waals surface area contributed by atoms with Gasteiger partial charge in [-0.25, -0.2) is 8.42 Å². The standard InChI is InChI=1S/C16H23ClN2O4S.ClH/c1-19(11-12-10-13(17)4-5-14(12)23-2)15(20)16(24(3,21)22)6-8-18-9-7-16;/h4-5,10,18H,6-9,11H2,1-3H3;1H. The molecule has 0 spiro atoms. The van der Waals surface area contributed by atoms with Crippen molar-refractivity contribution in [3.63, 3.8) is 0 Å². The molecule has 142 valence electrons. The second-order valence-electron chi connectivity index (χ2n) is 6.13. The molecule has 25 heavy (non-hydrogen) atoms. The molecular weight excluding hydrogens is 387 g/mol. The molecular formula is C16H24Cl2N2O4S. The third-order valence-corrected chi connectivity index (χ3v) is 6.74. The number of ether oxygens (including phenoxy) is 1. The molecule has 0 unspecified atom stereocenters. The predicted octanol–water partition coefficient (Wildman–Crippen LogP) is 1.90. The van der Waals surface area contributed by atoms with Crippen LogP contribution in [-0.4, -0.2) is 57.5 Å². The maximum Gasteiger partial charge on any atom is 0.244 e. The highest BCUT2D eigenvalue weighted by atomic mass is 35.5. The third kappa shape index (κ3) is 4.58. The van der Waals surface area contributed by atoms with Crippen LogP contribution >= 0.6 is 24.0 Å². The Balaban J connectivity index is 0.00000312. The highest BCUT2D eigenvalue weighted by Crippen LogP contribution is 2.31. The quantitative estimate of drug-likeness (QED) is 0.801. The molecule has 0 saturated carbocycles. The molecule has 0 bridgehead atoms. The average Bonchev–Trinajstić information content (AvgIpc) is 2.54. The van der Waals surface area contributed by atoms with E-state index in [1.807, 2.05) is 0 Å². The van der Waals surface area contributed by atoms with Gasteiger partial charge < -0.3 is 15.0 Å². The van der Waals surface area contributed by atoms with Crippen molar-refractivity contribution < 1.29 is 17.9 Å². The van der Waals surface area contributed by atoms with Crippen molar-refractivity contribution in [2.45, 2.75) is 24.1 Å². The van der Waals surface area contributed by atoms with Gasteiger partial charge in [0.05, 0.1) is 7.11 Å². The second kappa shape index (κ2) is 8.58. The lowest BCUT2D eigenvalue weighted by molar-refractivity contribution is -0.134. The summed E-state index contributed by atoms with van der Waals surface area (Å²) in [6.07, 6.45) is 1.70. The third-order valence-electron chi connectivity index (χ3n) is 4.51. The van der Waals surface area contributed by atoms with Crippen molar-refractivity contribution in [3.05, 3.63) is 28.8 Å². The van der Waals surface area contributed by atoms with Crippen molar-refractivity contribution in [2.24, 2.45) is 0 Å². The van der Waals surface area contributed by atoms with E-state index in [2.05, 4.69) is 5.32 Å². The van der Waals surface area contributed by atoms with Gasteiger partial charge in [0.15, 0.2) is 14.6 Å². The molecule has 0 aliphatic carbocycles. The van der Waals surface area contributed by atoms with E-state index in [-0.39, 0.29) is 37.7 Å². The Morgan fingerprint density at radius 2 is 1.96 bits per heavy atom. The number of methoxy groups -OCH3 is 1. The fraction of sp³-hybridized carbons (Fsp3) is 0.562. The van der Waals surface area contributed by atoms with Crippen LogP contribution < -0.4 is 10.1 Å². The fourth-order valence-corrected chi connectivity index (χ4v) is 4.73. The number of benzene rings is 1. The number of sulfone groups is 1. The average molecular weight is 411 g/mol. The molecule has 1 N–H and O–H groups in total. The Bertz CT molecular complexity index is 719. The first-order valence-corrected chi connectivity index (χ1v) is 9.96. The van der Waals surface area contributed by atoms with Crippen molar-refractivity contribution >= 4 is 39.8 Å². The largest absolute Gasteiger partial charge is 0.496 e. The van der Waals surface area contributed by atoms with Gasteiger partial charge in [-0.2, -0.15) is 0 Å². The summed E-state index contributed by atoms with van der Waals surface area (Å²) in [6.45, 7) is 1.24. The SMILES string of the molecule is COc1ccc(Cl)cc1CN(C)C(=O)C1(S(C)(=O)=O)CCNCC1.Cl. The number of halogens is 2. The zero-order chi connectivity index (χ0) is 18.0. The minimum atomic E-state index is -3.54. The smallest absolute Gasteiger partial charge is 0.244 e. The van der Waals surface area contributed by atoms with Crippen LogP contribution in [0.5, 0.6) is 5.75 Å². The van der Waals surface area contributed by atoms with E-state index < -0.39 is 14.6 Å². The molecule has 1 aromatic rings. The van der Waals surface area contributed by atoms with Crippen LogP contribution in [-0.2, 0) is 21.2 Å². The van der Waals surface area contributed by atoms with Gasteiger partial charge in [0.1, 0.15) is 5.75 Å². The summed E-state index contributed by atoms with van der Waals surface area (Å²) >= 11 is 6.02. The molecule has 1 fully saturated rings. The fourth-order valence-electron chi connectivity index (χ4n) is 3.12. The lowest BCUT2D eigenvalue weighted by Crippen LogP contribution is -2.57. The van der Waals surface area contributed by atoms with Crippen LogP contribution in [0.25, 0.3) is 0 Å². The first-order valence-electron chi connectivity index (χ1n) is 7.69. The first-order chi connectivity index (χ1) is 11.2. The summed E-state index contributed by atoms with van der Waals surface area (Å²) < 4.78 is 28.7. The maximum absolute atomic E-state index is 13.0. The molecule has 0 aromatic heterocycles. The minimum absolute atomic E-state index is 0. The van der Waals surface area contributed by atoms with E-state index in [1.54, 1.807) is 32.4 Å². The van der Waals surface area contributed by atoms with E-state index in [1.165, 1.54) is 4.90 Å². The summed E-state index contributed by atoms with van der Waals surface area (Å²) in [4.78, 5) is 14.4. The molecule has 0 atom stereocenters. The lowest BCUT2D eigenvalue weighted by atomic mass is 9.95. The number of hydrogen-bond donors (Lipinski definition) is 1. The second-order valence-corrected chi connectivity index (χ2v) is 8.90. The van der Waals surface area contributed by atoms with Crippen LogP contribution in [0.2, 0.25) is 5.02 Å². The van der Waals surface area contributed by atoms with E-state index in [9.17, 15) is 13.2 Å². The molecule has 9 heteroatoms. The molecule has 1 aromatic carbocycles. The van der Waals surface area contributed by atoms with Crippen molar-refractivity contribution in [1.82, 2.24) is 10.2 Å². The number of nitrogens with zero attached hydrogens (tertiary/aromatic N) is 1. The minimum Gasteiger partial charge on any atom is -0.496 e. The highest BCUT2D eigenvalue weighted by molar-refractivity contribution is 7.92. The Kier molecular flexibility index (Phi) is 7.55. The summed E-state index contributed by atoms with van der Waals surface area (Å²) in [7, 11) is -0.387. The molecule has 1 aliphatic heterocycles. The Morgan fingerprint density at radius 1 is 1.36 bits per heavy atom. The highest BCUT2D eigenvalue weighted by Gasteiger charge is 2.49. The van der Waals surface area contributed by atoms with Gasteiger partial charge in [-0.15, -0.1) is 12.4 Å². The van der Waals surface area contributed by atoms with Gasteiger partial charge in [-0.05, 0) is 44.1 Å². The number of carbonyl (C=O) groups excluding carboxylic acids is 1. The zero-order valence-electron chi connectivity index (χ0n) is 14.5. The monoisotopic (exact) mass is 410 g/mol. The molecule has 1 amide bonds. The molecule has 2 rings (SSSR count). The normalized spacial score (nSPS) is 16.6. The summed E-state index contributed by atoms with van der Waals surface area (Å²) in [6, 6.07) is 5.16. The van der Waals surface area contributed by atoms with Crippen LogP contribution in [0.1, 0.15) is 18.4 Å². The Labute approximate surface area is 160 Å². The summed E-state index contributed by atoms with van der Waals surface area (Å²) in [5.41, 5.74) is 0.735. The number of piperidine rings is 1. The van der Waals surface area contributed by atoms with Crippen molar-refractivity contribution in [1.29, 1.82) is 0 Å². The van der Waals surface area contributed by atoms with Crippen LogP contribution in [0.15, 0.2) is 18.2 Å². The summed E-state index contributed by atoms with van der Waals surface area (Å²) in [5, 5.41) is 3.64. The molecule has 6 nitrogen and oxygen atoms in total. The van der Waals surface area contributed by atoms with Crippen LogP contribution in [0.3, 0.4) is 0 Å². The molecule has 1 heterocycles. The van der Waals surface area contributed by atoms with Gasteiger partial charge in [0, 0.05) is 30.4 Å². The number of carbonyl (C=O) groups is 1. The maximum atomic E-state index is 13.0. The number of nitrogens with one attached hydrogen (secondary N) is 1. The topological polar surface area (TPSA) is 75.7 Å². The van der Waals surface area contributed by atoms with Gasteiger partial charge >= 0.3 is 0 Å². The van der Waals surface area contributed by atoms with Gasteiger partial charge in [0.25, 0.3) is 0 Å². The van der Waals surface area contributed by atoms with Gasteiger partial charge in [-0.3, -0.25) is 4.79 Å². The molecule has 1 aliphatic rings. The van der Waals surface area contributed by atoms with Crippen molar-refractivity contribution in [3.8, 4) is 5.75 Å². The van der Waals surface area contributed by atoms with Crippen LogP contribution in [0.4, 0.5) is 0 Å². The molecule has 1 saturated heterocycles. The van der Waals surface area contributed by atoms with Crippen LogP contribution in [0, 0.1) is 0 Å². The number of amides is 1. The van der Waals surface area contributed by atoms with E-state index in [0.29, 0.717) is 23.9 Å². The Hall–Kier alpha value is -1.02. The first kappa shape index (κ1) is 22.0. The number of rotatable bonds is 5. The van der Waals surface area contributed by atoms with Gasteiger partial charge in [0.2, 0.25) is 5.91 Å². The Morgan fingerprint density at radius 3 is 2.48 bits per heavy atom. The predicted molar refractivity (Wildman–Crippen MR) is 101 cm³/mol.